The second kappa shape index (κ2) is 9.26. The summed E-state index contributed by atoms with van der Waals surface area (Å²) in [5.41, 5.74) is 1.84. The van der Waals surface area contributed by atoms with Crippen molar-refractivity contribution in [3.63, 3.8) is 0 Å². The van der Waals surface area contributed by atoms with Crippen LogP contribution in [0.25, 0.3) is 10.9 Å². The highest BCUT2D eigenvalue weighted by Crippen LogP contribution is 2.49. The van der Waals surface area contributed by atoms with Gasteiger partial charge in [0.2, 0.25) is 5.75 Å². The number of fused-ring (bicyclic) bond motifs is 2. The van der Waals surface area contributed by atoms with Crippen molar-refractivity contribution < 1.29 is 33.3 Å². The number of methoxy groups -OCH3 is 4. The average molecular weight is 487 g/mol. The molecule has 2 aromatic carbocycles. The van der Waals surface area contributed by atoms with Crippen molar-refractivity contribution in [3.8, 4) is 17.2 Å². The zero-order valence-corrected chi connectivity index (χ0v) is 20.0. The van der Waals surface area contributed by atoms with Crippen LogP contribution in [0.5, 0.6) is 17.2 Å². The monoisotopic (exact) mass is 486 g/mol. The van der Waals surface area contributed by atoms with E-state index in [4.69, 9.17) is 23.7 Å². The van der Waals surface area contributed by atoms with Gasteiger partial charge in [-0.25, -0.2) is 14.6 Å². The number of hydrogen-bond donors (Lipinski definition) is 0. The Morgan fingerprint density at radius 2 is 1.79 bits per heavy atom. The molecule has 0 saturated carbocycles. The lowest BCUT2D eigenvalue weighted by Gasteiger charge is -2.19. The van der Waals surface area contributed by atoms with E-state index < -0.39 is 11.9 Å². The van der Waals surface area contributed by atoms with Gasteiger partial charge in [0, 0.05) is 18.4 Å². The lowest BCUT2D eigenvalue weighted by Crippen LogP contribution is -2.20. The third kappa shape index (κ3) is 3.71. The lowest BCUT2D eigenvalue weighted by atomic mass is 10.0. The van der Waals surface area contributed by atoms with Gasteiger partial charge < -0.3 is 23.7 Å². The first-order valence-corrected chi connectivity index (χ1v) is 11.1. The third-order valence-electron chi connectivity index (χ3n) is 5.53. The molecule has 2 heterocycles. The molecular formula is C23H22N2O8S. The molecule has 1 aliphatic heterocycles. The number of carbonyl (C=O) groups is 2. The molecule has 0 bridgehead atoms. The number of cyclic esters (lactones) is 1. The van der Waals surface area contributed by atoms with Crippen LogP contribution in [-0.4, -0.2) is 49.9 Å². The molecule has 0 aliphatic carbocycles. The van der Waals surface area contributed by atoms with Gasteiger partial charge in [-0.3, -0.25) is 9.36 Å². The maximum atomic E-state index is 12.9. The van der Waals surface area contributed by atoms with Crippen molar-refractivity contribution in [2.24, 2.45) is 7.05 Å². The number of esters is 2. The van der Waals surface area contributed by atoms with Crippen molar-refractivity contribution in [3.05, 3.63) is 50.8 Å². The summed E-state index contributed by atoms with van der Waals surface area (Å²) in [6.07, 6.45) is 0. The van der Waals surface area contributed by atoms with Crippen LogP contribution in [0.1, 0.15) is 31.8 Å². The Labute approximate surface area is 198 Å². The minimum Gasteiger partial charge on any atom is -0.492 e. The summed E-state index contributed by atoms with van der Waals surface area (Å²) < 4.78 is 28.0. The Bertz CT molecular complexity index is 1380. The molecule has 0 N–H and O–H groups in total. The average Bonchev–Trinajstić information content (AvgIpc) is 3.24. The summed E-state index contributed by atoms with van der Waals surface area (Å²) in [5, 5.41) is 0.754. The lowest BCUT2D eigenvalue weighted by molar-refractivity contribution is 0.0532. The van der Waals surface area contributed by atoms with E-state index in [1.165, 1.54) is 56.9 Å². The first kappa shape index (κ1) is 23.4. The number of carbonyl (C=O) groups excluding carboxylic acids is 2. The van der Waals surface area contributed by atoms with Crippen LogP contribution in [0, 0.1) is 0 Å². The fraction of sp³-hybridized carbons (Fsp3) is 0.304. The molecule has 34 heavy (non-hydrogen) atoms. The number of aromatic nitrogens is 2. The zero-order chi connectivity index (χ0) is 24.6. The van der Waals surface area contributed by atoms with E-state index in [-0.39, 0.29) is 23.5 Å². The van der Waals surface area contributed by atoms with E-state index >= 15 is 0 Å². The van der Waals surface area contributed by atoms with Gasteiger partial charge in [-0.15, -0.1) is 0 Å². The maximum absolute atomic E-state index is 12.9. The Hall–Kier alpha value is -3.73. The highest BCUT2D eigenvalue weighted by atomic mass is 32.2. The second-order valence-electron chi connectivity index (χ2n) is 7.28. The first-order chi connectivity index (χ1) is 16.4. The molecular weight excluding hydrogens is 464 g/mol. The molecule has 0 saturated heterocycles. The van der Waals surface area contributed by atoms with Crippen molar-refractivity contribution in [1.82, 2.24) is 9.55 Å². The molecule has 0 spiro atoms. The Balaban J connectivity index is 1.81. The highest BCUT2D eigenvalue weighted by Gasteiger charge is 2.35. The molecule has 4 rings (SSSR count). The first-order valence-electron chi connectivity index (χ1n) is 10.1. The quantitative estimate of drug-likeness (QED) is 0.280. The number of hydrogen-bond acceptors (Lipinski definition) is 10. The van der Waals surface area contributed by atoms with E-state index in [9.17, 15) is 14.4 Å². The predicted octanol–water partition coefficient (Wildman–Crippen LogP) is 2.71. The number of rotatable bonds is 7. The molecule has 0 atom stereocenters. The topological polar surface area (TPSA) is 115 Å². The Morgan fingerprint density at radius 1 is 1.09 bits per heavy atom. The van der Waals surface area contributed by atoms with Crippen LogP contribution in [0.2, 0.25) is 0 Å². The number of thioether (sulfide) groups is 1. The minimum atomic E-state index is -0.525. The summed E-state index contributed by atoms with van der Waals surface area (Å²) in [6.45, 7) is 0.0539. The molecule has 3 aromatic rings. The van der Waals surface area contributed by atoms with Crippen LogP contribution in [-0.2, 0) is 28.9 Å². The van der Waals surface area contributed by atoms with Crippen LogP contribution in [0.15, 0.2) is 28.2 Å². The Morgan fingerprint density at radius 3 is 2.44 bits per heavy atom. The van der Waals surface area contributed by atoms with Crippen LogP contribution in [0.4, 0.5) is 0 Å². The van der Waals surface area contributed by atoms with Gasteiger partial charge in [0.05, 0.1) is 56.0 Å². The van der Waals surface area contributed by atoms with Crippen LogP contribution in [0.3, 0.4) is 0 Å². The van der Waals surface area contributed by atoms with Crippen molar-refractivity contribution in [2.45, 2.75) is 17.5 Å². The van der Waals surface area contributed by atoms with Crippen LogP contribution >= 0.6 is 11.8 Å². The van der Waals surface area contributed by atoms with Crippen molar-refractivity contribution in [1.29, 1.82) is 0 Å². The number of ether oxygens (including phenoxy) is 5. The zero-order valence-electron chi connectivity index (χ0n) is 19.2. The summed E-state index contributed by atoms with van der Waals surface area (Å²) in [4.78, 5) is 42.0. The third-order valence-corrected chi connectivity index (χ3v) is 6.59. The van der Waals surface area contributed by atoms with Gasteiger partial charge in [0.15, 0.2) is 16.7 Å². The smallest absolute Gasteiger partial charge is 0.339 e. The SMILES string of the molecule is COC(=O)c1ccc2c(=O)n(C)c(SCc3c(OC)c(OC)c(OC)c4c3C(=O)OC4)nc2c1. The molecule has 0 unspecified atom stereocenters. The molecule has 11 heteroatoms. The predicted molar refractivity (Wildman–Crippen MR) is 123 cm³/mol. The fourth-order valence-electron chi connectivity index (χ4n) is 3.90. The molecule has 1 aliphatic rings. The molecule has 0 radical (unpaired) electrons. The van der Waals surface area contributed by atoms with Gasteiger partial charge in [-0.1, -0.05) is 11.8 Å². The Kier molecular flexibility index (Phi) is 6.38. The molecule has 0 amide bonds. The van der Waals surface area contributed by atoms with E-state index in [1.807, 2.05) is 0 Å². The highest BCUT2D eigenvalue weighted by molar-refractivity contribution is 7.98. The summed E-state index contributed by atoms with van der Waals surface area (Å²) in [5.74, 6) is 0.267. The molecule has 1 aromatic heterocycles. The fourth-order valence-corrected chi connectivity index (χ4v) is 4.88. The van der Waals surface area contributed by atoms with Crippen LogP contribution < -0.4 is 19.8 Å². The molecule has 0 fully saturated rings. The van der Waals surface area contributed by atoms with E-state index in [0.717, 1.165) is 0 Å². The number of nitrogens with zero attached hydrogens (tertiary/aromatic N) is 2. The maximum Gasteiger partial charge on any atom is 0.339 e. The van der Waals surface area contributed by atoms with Gasteiger partial charge in [-0.05, 0) is 18.2 Å². The normalized spacial score (nSPS) is 12.3. The standard InChI is InChI=1S/C23H22N2O8S/c1-25-20(26)12-7-6-11(21(27)32-5)8-15(12)24-23(25)34-10-14-16-13(9-33-22(16)28)17(29-2)19(31-4)18(14)30-3/h6-8H,9-10H2,1-5H3. The number of benzene rings is 2. The second-order valence-corrected chi connectivity index (χ2v) is 8.22. The summed E-state index contributed by atoms with van der Waals surface area (Å²) in [7, 11) is 7.32. The van der Waals surface area contributed by atoms with Gasteiger partial charge in [-0.2, -0.15) is 0 Å². The molecule has 10 nitrogen and oxygen atoms in total. The van der Waals surface area contributed by atoms with Gasteiger partial charge in [0.1, 0.15) is 6.61 Å². The largest absolute Gasteiger partial charge is 0.492 e. The van der Waals surface area contributed by atoms with Gasteiger partial charge >= 0.3 is 11.9 Å². The van der Waals surface area contributed by atoms with E-state index in [1.54, 1.807) is 13.1 Å². The molecule has 178 valence electrons. The van der Waals surface area contributed by atoms with E-state index in [2.05, 4.69) is 4.98 Å². The summed E-state index contributed by atoms with van der Waals surface area (Å²) in [6, 6.07) is 4.58. The minimum absolute atomic E-state index is 0.0539. The van der Waals surface area contributed by atoms with Crippen molar-refractivity contribution >= 4 is 34.6 Å². The van der Waals surface area contributed by atoms with Gasteiger partial charge in [0.25, 0.3) is 5.56 Å². The summed E-state index contributed by atoms with van der Waals surface area (Å²) >= 11 is 1.23. The van der Waals surface area contributed by atoms with Crippen molar-refractivity contribution in [2.75, 3.05) is 28.4 Å². The van der Waals surface area contributed by atoms with E-state index in [0.29, 0.717) is 50.0 Å².